The van der Waals surface area contributed by atoms with Crippen LogP contribution in [0, 0.1) is 5.41 Å². The normalized spacial score (nSPS) is 19.2. The number of rotatable bonds is 7. The summed E-state index contributed by atoms with van der Waals surface area (Å²) in [7, 11) is 3.26. The molecule has 3 aromatic rings. The van der Waals surface area contributed by atoms with Crippen LogP contribution in [0.25, 0.3) is 0 Å². The molecule has 0 saturated carbocycles. The number of amides is 1. The summed E-state index contributed by atoms with van der Waals surface area (Å²) in [6.45, 7) is 6.36. The number of halogens is 2. The van der Waals surface area contributed by atoms with E-state index >= 15 is 0 Å². The first-order valence-electron chi connectivity index (χ1n) is 11.9. The van der Waals surface area contributed by atoms with Gasteiger partial charge in [-0.05, 0) is 61.2 Å². The second kappa shape index (κ2) is 12.8. The van der Waals surface area contributed by atoms with Crippen LogP contribution < -0.4 is 9.47 Å². The first-order valence-corrected chi connectivity index (χ1v) is 12.7. The first kappa shape index (κ1) is 27.6. The molecule has 1 aliphatic rings. The maximum Gasteiger partial charge on any atom is 0.229 e. The first-order chi connectivity index (χ1) is 17.3. The lowest BCUT2D eigenvalue weighted by Crippen LogP contribution is -2.48. The number of carbonyl (C=O) groups is 1. The van der Waals surface area contributed by atoms with Gasteiger partial charge in [0.2, 0.25) is 5.91 Å². The highest BCUT2D eigenvalue weighted by molar-refractivity contribution is 6.30. The molecule has 0 aromatic heterocycles. The SMILES string of the molecule is C=CCC1(C)CCC(c2ccc(Cl)cc2)N(Cc2ccc(OC)cc2OC)C1=O.Clc1ccccc1. The minimum absolute atomic E-state index is 0.00975. The number of methoxy groups -OCH3 is 2. The van der Waals surface area contributed by atoms with Crippen molar-refractivity contribution in [2.45, 2.75) is 38.8 Å². The smallest absolute Gasteiger partial charge is 0.229 e. The Morgan fingerprint density at radius 1 is 1.00 bits per heavy atom. The molecule has 2 unspecified atom stereocenters. The lowest BCUT2D eigenvalue weighted by Gasteiger charge is -2.44. The van der Waals surface area contributed by atoms with Crippen molar-refractivity contribution in [3.05, 3.63) is 107 Å². The molecule has 4 nitrogen and oxygen atoms in total. The molecule has 190 valence electrons. The summed E-state index contributed by atoms with van der Waals surface area (Å²) in [5.74, 6) is 1.57. The quantitative estimate of drug-likeness (QED) is 0.292. The van der Waals surface area contributed by atoms with Gasteiger partial charge in [-0.1, -0.05) is 66.5 Å². The average Bonchev–Trinajstić information content (AvgIpc) is 2.89. The Bertz CT molecular complexity index is 1150. The van der Waals surface area contributed by atoms with E-state index in [2.05, 4.69) is 6.58 Å². The monoisotopic (exact) mass is 525 g/mol. The van der Waals surface area contributed by atoms with Crippen LogP contribution in [-0.2, 0) is 11.3 Å². The van der Waals surface area contributed by atoms with Gasteiger partial charge in [-0.25, -0.2) is 0 Å². The van der Waals surface area contributed by atoms with Gasteiger partial charge in [-0.2, -0.15) is 0 Å². The summed E-state index contributed by atoms with van der Waals surface area (Å²) in [5, 5.41) is 1.48. The van der Waals surface area contributed by atoms with Gasteiger partial charge in [0.05, 0.1) is 25.7 Å². The van der Waals surface area contributed by atoms with Crippen LogP contribution >= 0.6 is 23.2 Å². The van der Waals surface area contributed by atoms with Gasteiger partial charge >= 0.3 is 0 Å². The van der Waals surface area contributed by atoms with E-state index in [0.717, 1.165) is 34.7 Å². The third kappa shape index (κ3) is 6.83. The zero-order chi connectivity index (χ0) is 26.1. The Kier molecular flexibility index (Phi) is 9.86. The minimum atomic E-state index is -0.440. The van der Waals surface area contributed by atoms with Gasteiger partial charge < -0.3 is 14.4 Å². The molecule has 0 N–H and O–H groups in total. The number of benzene rings is 3. The Morgan fingerprint density at radius 2 is 1.67 bits per heavy atom. The van der Waals surface area contributed by atoms with Crippen molar-refractivity contribution < 1.29 is 14.3 Å². The van der Waals surface area contributed by atoms with Gasteiger partial charge in [0, 0.05) is 28.2 Å². The van der Waals surface area contributed by atoms with Crippen LogP contribution in [0.15, 0.2) is 85.5 Å². The van der Waals surface area contributed by atoms with Crippen LogP contribution in [0.1, 0.15) is 43.4 Å². The van der Waals surface area contributed by atoms with Crippen molar-refractivity contribution >= 4 is 29.1 Å². The minimum Gasteiger partial charge on any atom is -0.497 e. The Morgan fingerprint density at radius 3 is 2.22 bits per heavy atom. The molecule has 1 aliphatic heterocycles. The fourth-order valence-electron chi connectivity index (χ4n) is 4.51. The van der Waals surface area contributed by atoms with E-state index in [9.17, 15) is 4.79 Å². The van der Waals surface area contributed by atoms with Crippen LogP contribution in [0.4, 0.5) is 0 Å². The second-order valence-electron chi connectivity index (χ2n) is 9.07. The molecule has 4 rings (SSSR count). The predicted octanol–water partition coefficient (Wildman–Crippen LogP) is 8.14. The van der Waals surface area contributed by atoms with Crippen LogP contribution in [-0.4, -0.2) is 25.0 Å². The Balaban J connectivity index is 0.000000444. The number of carbonyl (C=O) groups excluding carboxylic acids is 1. The number of piperidine rings is 1. The van der Waals surface area contributed by atoms with E-state index in [-0.39, 0.29) is 11.9 Å². The van der Waals surface area contributed by atoms with Crippen LogP contribution in [0.5, 0.6) is 11.5 Å². The van der Waals surface area contributed by atoms with E-state index < -0.39 is 5.41 Å². The summed E-state index contributed by atoms with van der Waals surface area (Å²) in [6, 6.07) is 22.9. The fraction of sp³-hybridized carbons (Fsp3) is 0.300. The van der Waals surface area contributed by atoms with E-state index in [0.29, 0.717) is 23.7 Å². The molecule has 0 aliphatic carbocycles. The van der Waals surface area contributed by atoms with Crippen molar-refractivity contribution in [2.24, 2.45) is 5.41 Å². The lowest BCUT2D eigenvalue weighted by molar-refractivity contribution is -0.150. The molecular formula is C30H33Cl2NO3. The molecule has 1 heterocycles. The third-order valence-electron chi connectivity index (χ3n) is 6.54. The number of likely N-dealkylation sites (tertiary alicyclic amines) is 1. The molecule has 3 aromatic carbocycles. The van der Waals surface area contributed by atoms with Crippen LogP contribution in [0.2, 0.25) is 10.0 Å². The fourth-order valence-corrected chi connectivity index (χ4v) is 4.78. The molecule has 1 fully saturated rings. The molecule has 0 spiro atoms. The summed E-state index contributed by atoms with van der Waals surface area (Å²) in [4.78, 5) is 15.6. The van der Waals surface area contributed by atoms with Gasteiger partial charge in [0.25, 0.3) is 0 Å². The number of ether oxygens (including phenoxy) is 2. The summed E-state index contributed by atoms with van der Waals surface area (Å²) in [6.07, 6.45) is 4.21. The van der Waals surface area contributed by atoms with Crippen molar-refractivity contribution in [3.8, 4) is 11.5 Å². The summed E-state index contributed by atoms with van der Waals surface area (Å²) in [5.41, 5.74) is 1.60. The topological polar surface area (TPSA) is 38.8 Å². The third-order valence-corrected chi connectivity index (χ3v) is 7.04. The largest absolute Gasteiger partial charge is 0.497 e. The summed E-state index contributed by atoms with van der Waals surface area (Å²) < 4.78 is 10.9. The molecule has 1 saturated heterocycles. The number of hydrogen-bond donors (Lipinski definition) is 0. The van der Waals surface area contributed by atoms with Crippen molar-refractivity contribution in [1.29, 1.82) is 0 Å². The number of hydrogen-bond acceptors (Lipinski definition) is 3. The van der Waals surface area contributed by atoms with E-state index in [4.69, 9.17) is 32.7 Å². The standard InChI is InChI=1S/C24H28ClNO3.C6H5Cl/c1-5-13-24(2)14-12-21(17-6-9-19(25)10-7-17)26(23(24)27)16-18-8-11-20(28-3)15-22(18)29-4;7-6-4-2-1-3-5-6/h5-11,15,21H,1,12-14,16H2,2-4H3;1-5H. The second-order valence-corrected chi connectivity index (χ2v) is 9.94. The lowest BCUT2D eigenvalue weighted by atomic mass is 9.74. The molecule has 1 amide bonds. The molecular weight excluding hydrogens is 493 g/mol. The van der Waals surface area contributed by atoms with E-state index in [1.165, 1.54) is 0 Å². The average molecular weight is 527 g/mol. The van der Waals surface area contributed by atoms with E-state index in [1.54, 1.807) is 14.2 Å². The van der Waals surface area contributed by atoms with Gasteiger partial charge in [-0.3, -0.25) is 4.79 Å². The van der Waals surface area contributed by atoms with Crippen LogP contribution in [0.3, 0.4) is 0 Å². The van der Waals surface area contributed by atoms with Crippen molar-refractivity contribution in [2.75, 3.05) is 14.2 Å². The van der Waals surface area contributed by atoms with Gasteiger partial charge in [-0.15, -0.1) is 6.58 Å². The molecule has 0 radical (unpaired) electrons. The van der Waals surface area contributed by atoms with Crippen molar-refractivity contribution in [3.63, 3.8) is 0 Å². The van der Waals surface area contributed by atoms with Gasteiger partial charge in [0.15, 0.2) is 0 Å². The predicted molar refractivity (Wildman–Crippen MR) is 148 cm³/mol. The highest BCUT2D eigenvalue weighted by Crippen LogP contribution is 2.44. The number of allylic oxidation sites excluding steroid dienone is 1. The Hall–Kier alpha value is -2.95. The van der Waals surface area contributed by atoms with Gasteiger partial charge in [0.1, 0.15) is 11.5 Å². The van der Waals surface area contributed by atoms with E-state index in [1.807, 2.05) is 90.7 Å². The zero-order valence-corrected chi connectivity index (χ0v) is 22.6. The maximum absolute atomic E-state index is 13.6. The molecule has 2 atom stereocenters. The molecule has 36 heavy (non-hydrogen) atoms. The number of nitrogens with zero attached hydrogens (tertiary/aromatic N) is 1. The zero-order valence-electron chi connectivity index (χ0n) is 21.0. The molecule has 6 heteroatoms. The van der Waals surface area contributed by atoms with Crippen molar-refractivity contribution in [1.82, 2.24) is 4.90 Å². The summed E-state index contributed by atoms with van der Waals surface area (Å²) >= 11 is 11.6. The Labute approximate surface area is 224 Å². The highest BCUT2D eigenvalue weighted by atomic mass is 35.5. The highest BCUT2D eigenvalue weighted by Gasteiger charge is 2.43. The molecule has 0 bridgehead atoms. The maximum atomic E-state index is 13.6.